The number of thiocarbonyl (C=S) groups is 1. The van der Waals surface area contributed by atoms with E-state index in [2.05, 4.69) is 5.32 Å². The van der Waals surface area contributed by atoms with Crippen molar-refractivity contribution < 1.29 is 19.1 Å². The number of ether oxygens (including phenoxy) is 2. The summed E-state index contributed by atoms with van der Waals surface area (Å²) in [6.07, 6.45) is 2.38. The molecule has 0 saturated carbocycles. The lowest BCUT2D eigenvalue weighted by Gasteiger charge is -2.29. The highest BCUT2D eigenvalue weighted by Crippen LogP contribution is 2.31. The smallest absolute Gasteiger partial charge is 0.270 e. The van der Waals surface area contributed by atoms with E-state index in [-0.39, 0.29) is 16.8 Å². The summed E-state index contributed by atoms with van der Waals surface area (Å²) in [6, 6.07) is 11.8. The number of anilines is 1. The van der Waals surface area contributed by atoms with Gasteiger partial charge in [0, 0.05) is 5.02 Å². The lowest BCUT2D eigenvalue weighted by Crippen LogP contribution is -2.54. The molecule has 0 spiro atoms. The first-order valence-electron chi connectivity index (χ1n) is 9.35. The molecule has 1 fully saturated rings. The summed E-state index contributed by atoms with van der Waals surface area (Å²) in [7, 11) is 1.54. The fraction of sp³-hybridized carbons (Fsp3) is 0.227. The van der Waals surface area contributed by atoms with Crippen LogP contribution < -0.4 is 19.7 Å². The summed E-state index contributed by atoms with van der Waals surface area (Å²) < 4.78 is 11.3. The van der Waals surface area contributed by atoms with Gasteiger partial charge in [-0.1, -0.05) is 24.6 Å². The normalized spacial score (nSPS) is 16.5. The van der Waals surface area contributed by atoms with Gasteiger partial charge in [0.2, 0.25) is 0 Å². The van der Waals surface area contributed by atoms with Gasteiger partial charge in [-0.15, -0.1) is 0 Å². The molecule has 0 aromatic heterocycles. The Labute approximate surface area is 185 Å². The van der Waals surface area contributed by atoms with E-state index in [0.717, 1.165) is 6.42 Å². The van der Waals surface area contributed by atoms with Crippen molar-refractivity contribution >= 4 is 52.5 Å². The van der Waals surface area contributed by atoms with E-state index in [0.29, 0.717) is 27.8 Å². The van der Waals surface area contributed by atoms with Crippen molar-refractivity contribution in [2.24, 2.45) is 0 Å². The van der Waals surface area contributed by atoms with Gasteiger partial charge in [-0.05, 0) is 73.6 Å². The number of carbonyl (C=O) groups excluding carboxylic acids is 2. The molecule has 8 heteroatoms. The topological polar surface area (TPSA) is 67.9 Å². The quantitative estimate of drug-likeness (QED) is 0.407. The van der Waals surface area contributed by atoms with E-state index < -0.39 is 11.8 Å². The third-order valence-electron chi connectivity index (χ3n) is 4.59. The Morgan fingerprint density at radius 3 is 2.50 bits per heavy atom. The van der Waals surface area contributed by atoms with E-state index in [4.69, 9.17) is 33.3 Å². The van der Waals surface area contributed by atoms with Gasteiger partial charge in [0.1, 0.15) is 5.57 Å². The molecule has 1 N–H and O–H groups in total. The zero-order valence-corrected chi connectivity index (χ0v) is 18.3. The molecule has 0 radical (unpaired) electrons. The van der Waals surface area contributed by atoms with E-state index in [1.807, 2.05) is 13.8 Å². The van der Waals surface area contributed by atoms with Crippen molar-refractivity contribution in [3.8, 4) is 11.5 Å². The highest BCUT2D eigenvalue weighted by molar-refractivity contribution is 7.80. The number of methoxy groups -OCH3 is 1. The molecule has 3 rings (SSSR count). The summed E-state index contributed by atoms with van der Waals surface area (Å²) in [5, 5.41) is 3.10. The molecule has 0 aliphatic carbocycles. The Bertz CT molecular complexity index is 1020. The molecular formula is C22H21ClN2O4S. The molecule has 1 aliphatic heterocycles. The lowest BCUT2D eigenvalue weighted by molar-refractivity contribution is -0.122. The van der Waals surface area contributed by atoms with Crippen LogP contribution in [-0.4, -0.2) is 30.1 Å². The van der Waals surface area contributed by atoms with Crippen LogP contribution in [0.4, 0.5) is 5.69 Å². The second-order valence-corrected chi connectivity index (χ2v) is 7.50. The maximum absolute atomic E-state index is 13.1. The second-order valence-electron chi connectivity index (χ2n) is 6.68. The van der Waals surface area contributed by atoms with Crippen LogP contribution in [0.2, 0.25) is 5.02 Å². The van der Waals surface area contributed by atoms with Crippen molar-refractivity contribution in [2.75, 3.05) is 12.0 Å². The number of hydrogen-bond acceptors (Lipinski definition) is 5. The number of rotatable bonds is 6. The van der Waals surface area contributed by atoms with Crippen LogP contribution >= 0.6 is 23.8 Å². The predicted octanol–water partition coefficient (Wildman–Crippen LogP) is 4.36. The van der Waals surface area contributed by atoms with E-state index in [1.165, 1.54) is 18.1 Å². The maximum atomic E-state index is 13.1. The minimum atomic E-state index is -0.561. The van der Waals surface area contributed by atoms with Gasteiger partial charge >= 0.3 is 0 Å². The number of carbonyl (C=O) groups is 2. The van der Waals surface area contributed by atoms with E-state index in [9.17, 15) is 9.59 Å². The van der Waals surface area contributed by atoms with Crippen molar-refractivity contribution in [3.63, 3.8) is 0 Å². The number of hydrogen-bond donors (Lipinski definition) is 1. The molecule has 156 valence electrons. The Morgan fingerprint density at radius 1 is 1.17 bits per heavy atom. The van der Waals surface area contributed by atoms with Crippen molar-refractivity contribution in [1.82, 2.24) is 5.32 Å². The zero-order valence-electron chi connectivity index (χ0n) is 16.8. The van der Waals surface area contributed by atoms with Crippen molar-refractivity contribution in [1.29, 1.82) is 0 Å². The summed E-state index contributed by atoms with van der Waals surface area (Å²) in [6.45, 7) is 3.99. The van der Waals surface area contributed by atoms with Crippen LogP contribution in [0.15, 0.2) is 48.0 Å². The summed E-state index contributed by atoms with van der Waals surface area (Å²) in [5.41, 5.74) is 1.08. The first-order valence-corrected chi connectivity index (χ1v) is 10.1. The third-order valence-corrected chi connectivity index (χ3v) is 5.12. The molecule has 0 bridgehead atoms. The minimum Gasteiger partial charge on any atom is -0.493 e. The average molecular weight is 445 g/mol. The number of halogens is 1. The standard InChI is InChI=1S/C22H21ClN2O4S/c1-4-13(2)29-18-10-5-14(12-19(18)28-3)11-17-20(26)24-22(30)25(21(17)27)16-8-6-15(23)7-9-16/h5-13H,4H2,1-3H3,(H,24,26,30)/b17-11-/t13-/m1/s1. The number of nitrogens with zero attached hydrogens (tertiary/aromatic N) is 1. The molecule has 1 heterocycles. The molecule has 2 aromatic carbocycles. The lowest BCUT2D eigenvalue weighted by atomic mass is 10.1. The zero-order chi connectivity index (χ0) is 21.8. The Morgan fingerprint density at radius 2 is 1.87 bits per heavy atom. The summed E-state index contributed by atoms with van der Waals surface area (Å²) >= 11 is 11.1. The van der Waals surface area contributed by atoms with Gasteiger partial charge in [-0.2, -0.15) is 0 Å². The Kier molecular flexibility index (Phi) is 6.74. The van der Waals surface area contributed by atoms with Gasteiger partial charge in [0.25, 0.3) is 11.8 Å². The van der Waals surface area contributed by atoms with Crippen molar-refractivity contribution in [3.05, 3.63) is 58.6 Å². The maximum Gasteiger partial charge on any atom is 0.270 e. The van der Waals surface area contributed by atoms with Gasteiger partial charge < -0.3 is 9.47 Å². The predicted molar refractivity (Wildman–Crippen MR) is 121 cm³/mol. The molecule has 0 unspecified atom stereocenters. The molecular weight excluding hydrogens is 424 g/mol. The molecule has 1 atom stereocenters. The fourth-order valence-electron chi connectivity index (χ4n) is 2.82. The molecule has 1 aliphatic rings. The Hall–Kier alpha value is -2.90. The van der Waals surface area contributed by atoms with Crippen LogP contribution in [0.3, 0.4) is 0 Å². The minimum absolute atomic E-state index is 0.0133. The number of amides is 2. The largest absolute Gasteiger partial charge is 0.493 e. The Balaban J connectivity index is 1.95. The number of benzene rings is 2. The molecule has 2 aromatic rings. The summed E-state index contributed by atoms with van der Waals surface area (Å²) in [5.74, 6) is 0.0230. The highest BCUT2D eigenvalue weighted by Gasteiger charge is 2.34. The first-order chi connectivity index (χ1) is 14.3. The molecule has 30 heavy (non-hydrogen) atoms. The van der Waals surface area contributed by atoms with Gasteiger partial charge in [-0.3, -0.25) is 19.8 Å². The van der Waals surface area contributed by atoms with Crippen LogP contribution in [0.5, 0.6) is 11.5 Å². The van der Waals surface area contributed by atoms with Crippen LogP contribution in [0.1, 0.15) is 25.8 Å². The van der Waals surface area contributed by atoms with Gasteiger partial charge in [-0.25, -0.2) is 0 Å². The third kappa shape index (κ3) is 4.63. The molecule has 1 saturated heterocycles. The SMILES string of the molecule is CC[C@@H](C)Oc1ccc(/C=C2/C(=O)NC(=S)N(c3ccc(Cl)cc3)C2=O)cc1OC. The van der Waals surface area contributed by atoms with E-state index in [1.54, 1.807) is 42.5 Å². The molecule has 2 amide bonds. The van der Waals surface area contributed by atoms with Gasteiger partial charge in [0.15, 0.2) is 16.6 Å². The first kappa shape index (κ1) is 21.8. The molecule has 6 nitrogen and oxygen atoms in total. The highest BCUT2D eigenvalue weighted by atomic mass is 35.5. The van der Waals surface area contributed by atoms with Crippen LogP contribution in [0, 0.1) is 0 Å². The number of nitrogens with one attached hydrogen (secondary N) is 1. The summed E-state index contributed by atoms with van der Waals surface area (Å²) in [4.78, 5) is 26.8. The van der Waals surface area contributed by atoms with Crippen LogP contribution in [-0.2, 0) is 9.59 Å². The average Bonchev–Trinajstić information content (AvgIpc) is 2.73. The second kappa shape index (κ2) is 9.28. The van der Waals surface area contributed by atoms with E-state index >= 15 is 0 Å². The van der Waals surface area contributed by atoms with Crippen molar-refractivity contribution in [2.45, 2.75) is 26.4 Å². The monoisotopic (exact) mass is 444 g/mol. The van der Waals surface area contributed by atoms with Crippen LogP contribution in [0.25, 0.3) is 6.08 Å². The van der Waals surface area contributed by atoms with Gasteiger partial charge in [0.05, 0.1) is 18.9 Å². The fourth-order valence-corrected chi connectivity index (χ4v) is 3.23.